The molecular weight excluding hydrogens is 662 g/mol. The van der Waals surface area contributed by atoms with Gasteiger partial charge in [-0.05, 0) is 69.2 Å². The maximum absolute atomic E-state index is 15.3. The van der Waals surface area contributed by atoms with Gasteiger partial charge in [0.15, 0.2) is 11.5 Å². The summed E-state index contributed by atoms with van der Waals surface area (Å²) in [5.74, 6) is -6.06. The summed E-state index contributed by atoms with van der Waals surface area (Å²) in [5.41, 5.74) is 4.90. The maximum atomic E-state index is 15.3. The van der Waals surface area contributed by atoms with Crippen LogP contribution in [0.2, 0.25) is 0 Å². The maximum Gasteiger partial charge on any atom is 0.303 e. The van der Waals surface area contributed by atoms with E-state index in [-0.39, 0.29) is 55.7 Å². The number of ether oxygens (including phenoxy) is 1. The largest absolute Gasteiger partial charge is 0.504 e. The van der Waals surface area contributed by atoms with Crippen molar-refractivity contribution < 1.29 is 38.9 Å². The molecule has 1 saturated carbocycles. The number of rotatable bonds is 12. The van der Waals surface area contributed by atoms with Crippen molar-refractivity contribution in [1.82, 2.24) is 9.91 Å². The van der Waals surface area contributed by atoms with Crippen LogP contribution < -0.4 is 10.2 Å². The highest BCUT2D eigenvalue weighted by Gasteiger charge is 2.70. The summed E-state index contributed by atoms with van der Waals surface area (Å²) in [4.78, 5) is 70.5. The number of aliphatic carboxylic acids is 1. The number of imide groups is 2. The molecule has 2 aliphatic heterocycles. The van der Waals surface area contributed by atoms with Gasteiger partial charge in [0.2, 0.25) is 11.8 Å². The Labute approximate surface area is 302 Å². The van der Waals surface area contributed by atoms with Crippen molar-refractivity contribution in [3.8, 4) is 11.5 Å². The number of carbonyl (C=O) groups is 5. The number of allylic oxidation sites excluding steroid dienone is 2. The number of carboxylic acid groups (broad SMARTS) is 1. The molecule has 3 aromatic rings. The van der Waals surface area contributed by atoms with Crippen LogP contribution in [0.25, 0.3) is 0 Å². The van der Waals surface area contributed by atoms with Gasteiger partial charge in [0.1, 0.15) is 0 Å². The molecule has 4 amide bonds. The first-order chi connectivity index (χ1) is 25.1. The number of nitrogens with one attached hydrogen (secondary N) is 1. The highest BCUT2D eigenvalue weighted by Crippen LogP contribution is 2.65. The van der Waals surface area contributed by atoms with Crippen molar-refractivity contribution in [1.29, 1.82) is 0 Å². The van der Waals surface area contributed by atoms with Crippen LogP contribution in [-0.2, 0) is 29.4 Å². The van der Waals surface area contributed by atoms with E-state index in [9.17, 15) is 24.3 Å². The fraction of sp³-hybridized carbons (Fsp3) is 0.390. The molecule has 4 aliphatic rings. The summed E-state index contributed by atoms with van der Waals surface area (Å²) >= 11 is 0. The second kappa shape index (κ2) is 13.9. The van der Waals surface area contributed by atoms with Crippen LogP contribution in [0.4, 0.5) is 5.69 Å². The number of carbonyl (C=O) groups excluding carboxylic acids is 4. The second-order valence-corrected chi connectivity index (χ2v) is 14.3. The zero-order chi connectivity index (χ0) is 36.7. The lowest BCUT2D eigenvalue weighted by Crippen LogP contribution is -2.53. The molecule has 6 unspecified atom stereocenters. The number of para-hydroxylation sites is 1. The number of hydrazine groups is 1. The number of likely N-dealkylation sites (tertiary alicyclic amines) is 1. The summed E-state index contributed by atoms with van der Waals surface area (Å²) in [6, 6.07) is 21.7. The Kier molecular flexibility index (Phi) is 9.37. The van der Waals surface area contributed by atoms with E-state index in [0.29, 0.717) is 36.1 Å². The molecule has 3 fully saturated rings. The minimum absolute atomic E-state index is 0.0221. The average molecular weight is 706 g/mol. The van der Waals surface area contributed by atoms with Crippen molar-refractivity contribution >= 4 is 35.3 Å². The fourth-order valence-corrected chi connectivity index (χ4v) is 9.14. The van der Waals surface area contributed by atoms with Gasteiger partial charge >= 0.3 is 5.97 Å². The van der Waals surface area contributed by atoms with Gasteiger partial charge in [0.05, 0.1) is 35.5 Å². The Bertz CT molecular complexity index is 1940. The Balaban J connectivity index is 1.36. The van der Waals surface area contributed by atoms with E-state index in [1.165, 1.54) is 4.90 Å². The van der Waals surface area contributed by atoms with Gasteiger partial charge in [0, 0.05) is 24.4 Å². The molecule has 11 heteroatoms. The molecule has 0 bridgehead atoms. The van der Waals surface area contributed by atoms with E-state index in [2.05, 4.69) is 5.43 Å². The molecule has 52 heavy (non-hydrogen) atoms. The summed E-state index contributed by atoms with van der Waals surface area (Å²) in [7, 11) is 0. The Morgan fingerprint density at radius 2 is 1.65 bits per heavy atom. The van der Waals surface area contributed by atoms with Gasteiger partial charge < -0.3 is 14.9 Å². The number of amides is 4. The van der Waals surface area contributed by atoms with E-state index < -0.39 is 52.8 Å². The average Bonchev–Trinajstić information content (AvgIpc) is 3.51. The van der Waals surface area contributed by atoms with Crippen molar-refractivity contribution in [2.45, 2.75) is 63.7 Å². The molecule has 270 valence electrons. The van der Waals surface area contributed by atoms with Crippen LogP contribution in [-0.4, -0.2) is 62.9 Å². The van der Waals surface area contributed by atoms with Crippen molar-refractivity contribution in [3.63, 3.8) is 0 Å². The number of phenols is 1. The zero-order valence-corrected chi connectivity index (χ0v) is 29.3. The molecule has 2 aliphatic carbocycles. The number of nitrogens with zero attached hydrogens (tertiary/aromatic N) is 2. The summed E-state index contributed by atoms with van der Waals surface area (Å²) < 4.78 is 5.81. The number of anilines is 1. The SMILES string of the molecule is CCOc1cccc(C2C3=CCC4C(=O)N(CCCCCC(=O)O)C(=O)C4C3CC3C(=O)N(Nc4ccc(C)cc4)C(=O)C32c2ccccc2)c1O. The summed E-state index contributed by atoms with van der Waals surface area (Å²) in [6.45, 7) is 4.23. The van der Waals surface area contributed by atoms with Crippen LogP contribution >= 0.6 is 0 Å². The van der Waals surface area contributed by atoms with Gasteiger partial charge in [-0.15, -0.1) is 0 Å². The van der Waals surface area contributed by atoms with Crippen molar-refractivity contribution in [3.05, 3.63) is 101 Å². The lowest BCUT2D eigenvalue weighted by molar-refractivity contribution is -0.141. The smallest absolute Gasteiger partial charge is 0.303 e. The van der Waals surface area contributed by atoms with Gasteiger partial charge in [-0.2, -0.15) is 5.01 Å². The number of benzene rings is 3. The minimum atomic E-state index is -1.51. The molecule has 0 radical (unpaired) electrons. The Hall–Kier alpha value is -5.45. The standard InChI is InChI=1S/C41H43N3O8/c1-3-52-32-14-10-13-29(36(32)47)35-27-20-21-28-34(39(50)43(37(28)48)22-9-5-8-15-33(45)46)30(27)23-31-38(49)44(42-26-18-16-24(2)17-19-26)40(51)41(31,35)25-11-6-4-7-12-25/h4,6-7,10-14,16-20,28,30-31,34-35,42,47H,3,5,8-9,15,21-23H2,1-2H3,(H,45,46). The Morgan fingerprint density at radius 3 is 2.37 bits per heavy atom. The number of hydrogen-bond acceptors (Lipinski definition) is 8. The second-order valence-electron chi connectivity index (χ2n) is 14.3. The fourth-order valence-electron chi connectivity index (χ4n) is 9.14. The molecule has 0 aromatic heterocycles. The van der Waals surface area contributed by atoms with Gasteiger partial charge in [-0.1, -0.05) is 78.2 Å². The number of fused-ring (bicyclic) bond motifs is 4. The van der Waals surface area contributed by atoms with E-state index in [0.717, 1.165) is 16.1 Å². The van der Waals surface area contributed by atoms with Crippen LogP contribution in [0.3, 0.4) is 0 Å². The third-order valence-electron chi connectivity index (χ3n) is 11.4. The first kappa shape index (κ1) is 35.0. The van der Waals surface area contributed by atoms with Crippen LogP contribution in [0, 0.1) is 30.6 Å². The number of phenolic OH excluding ortho intramolecular Hbond substituents is 1. The third-order valence-corrected chi connectivity index (χ3v) is 11.4. The van der Waals surface area contributed by atoms with Crippen LogP contribution in [0.1, 0.15) is 68.1 Å². The molecule has 3 N–H and O–H groups in total. The number of unbranched alkanes of at least 4 members (excludes halogenated alkanes) is 2. The van der Waals surface area contributed by atoms with E-state index in [1.807, 2.05) is 62.4 Å². The zero-order valence-electron chi connectivity index (χ0n) is 29.3. The van der Waals surface area contributed by atoms with Crippen LogP contribution in [0.5, 0.6) is 11.5 Å². The third kappa shape index (κ3) is 5.63. The normalized spacial score (nSPS) is 26.5. The monoisotopic (exact) mass is 705 g/mol. The predicted molar refractivity (Wildman–Crippen MR) is 191 cm³/mol. The quantitative estimate of drug-likeness (QED) is 0.122. The van der Waals surface area contributed by atoms with Gasteiger partial charge in [0.25, 0.3) is 11.8 Å². The molecule has 0 spiro atoms. The molecule has 3 aromatic carbocycles. The summed E-state index contributed by atoms with van der Waals surface area (Å²) in [6.07, 6.45) is 3.89. The van der Waals surface area contributed by atoms with Crippen LogP contribution in [0.15, 0.2) is 84.4 Å². The predicted octanol–water partition coefficient (Wildman–Crippen LogP) is 5.73. The Morgan fingerprint density at radius 1 is 0.904 bits per heavy atom. The van der Waals surface area contributed by atoms with E-state index >= 15 is 4.79 Å². The summed E-state index contributed by atoms with van der Waals surface area (Å²) in [5, 5.41) is 22.0. The molecule has 2 saturated heterocycles. The lowest BCUT2D eigenvalue weighted by Gasteiger charge is -2.50. The first-order valence-corrected chi connectivity index (χ1v) is 18.1. The van der Waals surface area contributed by atoms with Gasteiger partial charge in [-0.3, -0.25) is 34.3 Å². The molecule has 11 nitrogen and oxygen atoms in total. The van der Waals surface area contributed by atoms with Crippen molar-refractivity contribution in [2.24, 2.45) is 23.7 Å². The van der Waals surface area contributed by atoms with Crippen molar-refractivity contribution in [2.75, 3.05) is 18.6 Å². The number of carboxylic acids is 1. The number of aryl methyl sites for hydroxylation is 1. The molecule has 6 atom stereocenters. The first-order valence-electron chi connectivity index (χ1n) is 18.1. The number of hydrogen-bond donors (Lipinski definition) is 3. The lowest BCUT2D eigenvalue weighted by atomic mass is 9.49. The highest BCUT2D eigenvalue weighted by atomic mass is 16.5. The van der Waals surface area contributed by atoms with E-state index in [1.54, 1.807) is 30.3 Å². The van der Waals surface area contributed by atoms with E-state index in [4.69, 9.17) is 9.84 Å². The topological polar surface area (TPSA) is 154 Å². The molecule has 2 heterocycles. The molecular formula is C41H43N3O8. The molecule has 7 rings (SSSR count). The minimum Gasteiger partial charge on any atom is -0.504 e. The number of aromatic hydroxyl groups is 1. The highest BCUT2D eigenvalue weighted by molar-refractivity contribution is 6.13. The van der Waals surface area contributed by atoms with Gasteiger partial charge in [-0.25, -0.2) is 0 Å².